The normalized spacial score (nSPS) is 10.5. The van der Waals surface area contributed by atoms with E-state index in [1.54, 1.807) is 24.3 Å². The fourth-order valence-electron chi connectivity index (χ4n) is 2.09. The molecule has 5 heteroatoms. The van der Waals surface area contributed by atoms with Crippen molar-refractivity contribution in [1.29, 1.82) is 0 Å². The van der Waals surface area contributed by atoms with Crippen LogP contribution in [0.3, 0.4) is 0 Å². The molecule has 122 valence electrons. The summed E-state index contributed by atoms with van der Waals surface area (Å²) in [6, 6.07) is 11.5. The van der Waals surface area contributed by atoms with E-state index in [4.69, 9.17) is 4.74 Å². The van der Waals surface area contributed by atoms with Crippen molar-refractivity contribution in [2.75, 3.05) is 13.1 Å². The molecule has 0 aliphatic heterocycles. The number of Topliss-reactive ketones (excluding diaryl/α,β-unsaturated/α-hetero) is 1. The Morgan fingerprint density at radius 3 is 2.57 bits per heavy atom. The number of para-hydroxylation sites is 1. The van der Waals surface area contributed by atoms with Gasteiger partial charge in [0.2, 0.25) is 5.75 Å². The van der Waals surface area contributed by atoms with Gasteiger partial charge in [0.05, 0.1) is 12.1 Å². The molecule has 0 aliphatic carbocycles. The molecule has 0 amide bonds. The van der Waals surface area contributed by atoms with Gasteiger partial charge in [-0.3, -0.25) is 4.79 Å². The molecule has 0 fully saturated rings. The highest BCUT2D eigenvalue weighted by atomic mass is 16.5. The van der Waals surface area contributed by atoms with Gasteiger partial charge in [-0.2, -0.15) is 0 Å². The Kier molecular flexibility index (Phi) is 6.00. The number of unbranched alkanes of at least 4 members (excludes halogenated alkanes) is 1. The first-order valence-corrected chi connectivity index (χ1v) is 7.65. The molecular formula is C18H21NO4. The second-order valence-electron chi connectivity index (χ2n) is 5.18. The molecule has 2 aromatic carbocycles. The van der Waals surface area contributed by atoms with E-state index in [9.17, 15) is 15.0 Å². The van der Waals surface area contributed by atoms with Crippen LogP contribution >= 0.6 is 0 Å². The fourth-order valence-corrected chi connectivity index (χ4v) is 2.09. The molecule has 0 saturated heterocycles. The molecule has 5 nitrogen and oxygen atoms in total. The van der Waals surface area contributed by atoms with E-state index < -0.39 is 5.75 Å². The summed E-state index contributed by atoms with van der Waals surface area (Å²) in [4.78, 5) is 12.3. The van der Waals surface area contributed by atoms with Crippen molar-refractivity contribution < 1.29 is 19.7 Å². The van der Waals surface area contributed by atoms with Crippen LogP contribution in [0.5, 0.6) is 23.0 Å². The van der Waals surface area contributed by atoms with Crippen molar-refractivity contribution >= 4 is 5.78 Å². The summed E-state index contributed by atoms with van der Waals surface area (Å²) in [7, 11) is 0. The van der Waals surface area contributed by atoms with Crippen LogP contribution < -0.4 is 10.1 Å². The Balaban J connectivity index is 2.22. The van der Waals surface area contributed by atoms with Crippen LogP contribution in [0.1, 0.15) is 30.1 Å². The molecule has 0 atom stereocenters. The van der Waals surface area contributed by atoms with Crippen LogP contribution in [0.15, 0.2) is 42.5 Å². The van der Waals surface area contributed by atoms with Crippen molar-refractivity contribution in [3.05, 3.63) is 48.0 Å². The van der Waals surface area contributed by atoms with Crippen molar-refractivity contribution in [3.63, 3.8) is 0 Å². The number of hydrogen-bond donors (Lipinski definition) is 3. The Bertz CT molecular complexity index is 656. The van der Waals surface area contributed by atoms with Gasteiger partial charge in [-0.1, -0.05) is 31.5 Å². The van der Waals surface area contributed by atoms with Gasteiger partial charge >= 0.3 is 0 Å². The minimum atomic E-state index is -0.437. The zero-order valence-electron chi connectivity index (χ0n) is 13.1. The second-order valence-corrected chi connectivity index (χ2v) is 5.18. The van der Waals surface area contributed by atoms with E-state index in [1.165, 1.54) is 12.1 Å². The monoisotopic (exact) mass is 315 g/mol. The summed E-state index contributed by atoms with van der Waals surface area (Å²) < 4.78 is 5.61. The smallest absolute Gasteiger partial charge is 0.201 e. The quantitative estimate of drug-likeness (QED) is 0.395. The van der Waals surface area contributed by atoms with Gasteiger partial charge in [-0.25, -0.2) is 0 Å². The van der Waals surface area contributed by atoms with E-state index >= 15 is 0 Å². The van der Waals surface area contributed by atoms with Crippen molar-refractivity contribution in [2.24, 2.45) is 0 Å². The topological polar surface area (TPSA) is 78.8 Å². The number of ether oxygens (including phenoxy) is 1. The highest BCUT2D eigenvalue weighted by molar-refractivity contribution is 6.01. The van der Waals surface area contributed by atoms with Gasteiger partial charge in [0.25, 0.3) is 0 Å². The zero-order valence-corrected chi connectivity index (χ0v) is 13.1. The van der Waals surface area contributed by atoms with Gasteiger partial charge in [-0.05, 0) is 37.2 Å². The lowest BCUT2D eigenvalue weighted by atomic mass is 10.1. The van der Waals surface area contributed by atoms with Crippen molar-refractivity contribution in [2.45, 2.75) is 19.8 Å². The molecule has 0 aliphatic rings. The summed E-state index contributed by atoms with van der Waals surface area (Å²) in [6.45, 7) is 2.98. The lowest BCUT2D eigenvalue weighted by Gasteiger charge is -2.13. The Labute approximate surface area is 135 Å². The average Bonchev–Trinajstić information content (AvgIpc) is 2.57. The molecule has 0 heterocycles. The standard InChI is InChI=1S/C18H21NO4/c1-2-3-11-19-12-16(21)14-9-10-15(20)17(22)18(14)23-13-7-5-4-6-8-13/h4-10,19-20,22H,2-3,11-12H2,1H3. The van der Waals surface area contributed by atoms with E-state index in [1.807, 2.05) is 6.07 Å². The lowest BCUT2D eigenvalue weighted by Crippen LogP contribution is -2.24. The van der Waals surface area contributed by atoms with Crippen LogP contribution in [0.25, 0.3) is 0 Å². The fraction of sp³-hybridized carbons (Fsp3) is 0.278. The largest absolute Gasteiger partial charge is 0.504 e. The van der Waals surface area contributed by atoms with Crippen LogP contribution in [-0.2, 0) is 0 Å². The van der Waals surface area contributed by atoms with Crippen LogP contribution in [0, 0.1) is 0 Å². The first-order chi connectivity index (χ1) is 11.1. The van der Waals surface area contributed by atoms with E-state index in [-0.39, 0.29) is 29.4 Å². The third kappa shape index (κ3) is 4.47. The average molecular weight is 315 g/mol. The van der Waals surface area contributed by atoms with E-state index in [2.05, 4.69) is 12.2 Å². The van der Waals surface area contributed by atoms with E-state index in [0.717, 1.165) is 19.4 Å². The molecule has 0 radical (unpaired) electrons. The maximum absolute atomic E-state index is 12.3. The SMILES string of the molecule is CCCCNCC(=O)c1ccc(O)c(O)c1Oc1ccccc1. The summed E-state index contributed by atoms with van der Waals surface area (Å²) >= 11 is 0. The molecule has 0 unspecified atom stereocenters. The van der Waals surface area contributed by atoms with Gasteiger partial charge in [0.1, 0.15) is 5.75 Å². The number of rotatable bonds is 8. The molecule has 0 saturated carbocycles. The van der Waals surface area contributed by atoms with Gasteiger partial charge in [0, 0.05) is 0 Å². The van der Waals surface area contributed by atoms with Crippen LogP contribution in [-0.4, -0.2) is 29.1 Å². The summed E-state index contributed by atoms with van der Waals surface area (Å²) in [5, 5.41) is 22.8. The molecule has 0 aromatic heterocycles. The minimum Gasteiger partial charge on any atom is -0.504 e. The highest BCUT2D eigenvalue weighted by Gasteiger charge is 2.19. The molecule has 0 bridgehead atoms. The maximum Gasteiger partial charge on any atom is 0.201 e. The third-order valence-corrected chi connectivity index (χ3v) is 3.37. The third-order valence-electron chi connectivity index (χ3n) is 3.37. The number of hydrogen-bond acceptors (Lipinski definition) is 5. The number of benzene rings is 2. The number of phenols is 2. The number of carbonyl (C=O) groups is 1. The Morgan fingerprint density at radius 2 is 1.87 bits per heavy atom. The first kappa shape index (κ1) is 16.8. The van der Waals surface area contributed by atoms with Gasteiger partial charge in [-0.15, -0.1) is 0 Å². The van der Waals surface area contributed by atoms with Gasteiger partial charge < -0.3 is 20.3 Å². The lowest BCUT2D eigenvalue weighted by molar-refractivity contribution is 0.0988. The van der Waals surface area contributed by atoms with Gasteiger partial charge in [0.15, 0.2) is 17.3 Å². The highest BCUT2D eigenvalue weighted by Crippen LogP contribution is 2.40. The Morgan fingerprint density at radius 1 is 1.13 bits per heavy atom. The minimum absolute atomic E-state index is 0.0292. The summed E-state index contributed by atoms with van der Waals surface area (Å²) in [5.74, 6) is -0.526. The number of phenolic OH excluding ortho intramolecular Hbond substituents is 2. The molecule has 2 aromatic rings. The van der Waals surface area contributed by atoms with Crippen LogP contribution in [0.4, 0.5) is 0 Å². The number of carbonyl (C=O) groups excluding carboxylic acids is 1. The molecule has 0 spiro atoms. The summed E-state index contributed by atoms with van der Waals surface area (Å²) in [5.41, 5.74) is 0.230. The number of aromatic hydroxyl groups is 2. The number of nitrogens with one attached hydrogen (secondary N) is 1. The molecule has 23 heavy (non-hydrogen) atoms. The molecular weight excluding hydrogens is 294 g/mol. The first-order valence-electron chi connectivity index (χ1n) is 7.65. The number of ketones is 1. The molecule has 2 rings (SSSR count). The Hall–Kier alpha value is -2.53. The van der Waals surface area contributed by atoms with Crippen molar-refractivity contribution in [1.82, 2.24) is 5.32 Å². The van der Waals surface area contributed by atoms with E-state index in [0.29, 0.717) is 5.75 Å². The predicted molar refractivity (Wildman–Crippen MR) is 88.4 cm³/mol. The second kappa shape index (κ2) is 8.19. The predicted octanol–water partition coefficient (Wildman–Crippen LogP) is 3.46. The summed E-state index contributed by atoms with van der Waals surface area (Å²) in [6.07, 6.45) is 2.03. The van der Waals surface area contributed by atoms with Crippen molar-refractivity contribution in [3.8, 4) is 23.0 Å². The zero-order chi connectivity index (χ0) is 16.7. The maximum atomic E-state index is 12.3. The van der Waals surface area contributed by atoms with Crippen LogP contribution in [0.2, 0.25) is 0 Å². The molecule has 3 N–H and O–H groups in total.